The second-order valence-corrected chi connectivity index (χ2v) is 5.36. The first kappa shape index (κ1) is 19.3. The number of carboxylic acid groups (broad SMARTS) is 1. The summed E-state index contributed by atoms with van der Waals surface area (Å²) in [6, 6.07) is 11.4. The van der Waals surface area contributed by atoms with Crippen molar-refractivity contribution in [3.05, 3.63) is 65.2 Å². The van der Waals surface area contributed by atoms with Crippen LogP contribution in [0.4, 0.5) is 13.2 Å². The molecule has 2 rings (SSSR count). The van der Waals surface area contributed by atoms with Gasteiger partial charge in [-0.05, 0) is 36.8 Å². The Labute approximate surface area is 147 Å². The molecule has 0 atom stereocenters. The summed E-state index contributed by atoms with van der Waals surface area (Å²) < 4.78 is 43.1. The zero-order valence-electron chi connectivity index (χ0n) is 13.8. The summed E-state index contributed by atoms with van der Waals surface area (Å²) in [6.07, 6.45) is -4.41. The van der Waals surface area contributed by atoms with E-state index in [4.69, 9.17) is 14.7 Å². The van der Waals surface area contributed by atoms with Gasteiger partial charge in [0.05, 0.1) is 11.3 Å². The van der Waals surface area contributed by atoms with Gasteiger partial charge in [0.2, 0.25) is 0 Å². The third-order valence-electron chi connectivity index (χ3n) is 3.30. The van der Waals surface area contributed by atoms with Crippen LogP contribution in [0.15, 0.2) is 53.7 Å². The molecule has 0 unspecified atom stereocenters. The van der Waals surface area contributed by atoms with Gasteiger partial charge in [0.15, 0.2) is 6.61 Å². The predicted molar refractivity (Wildman–Crippen MR) is 88.0 cm³/mol. The number of benzene rings is 2. The molecule has 0 aliphatic carbocycles. The van der Waals surface area contributed by atoms with Crippen LogP contribution in [0.1, 0.15) is 23.6 Å². The fraction of sp³-hybridized carbons (Fsp3) is 0.222. The van der Waals surface area contributed by atoms with Crippen LogP contribution in [0.3, 0.4) is 0 Å². The van der Waals surface area contributed by atoms with Crippen molar-refractivity contribution in [2.45, 2.75) is 19.7 Å². The molecule has 1 N–H and O–H groups in total. The summed E-state index contributed by atoms with van der Waals surface area (Å²) in [5.74, 6) is -0.734. The first-order valence-corrected chi connectivity index (χ1v) is 7.53. The van der Waals surface area contributed by atoms with Crippen molar-refractivity contribution in [3.63, 3.8) is 0 Å². The average Bonchev–Trinajstić information content (AvgIpc) is 2.59. The number of nitrogens with zero attached hydrogens (tertiary/aromatic N) is 1. The van der Waals surface area contributed by atoms with Gasteiger partial charge in [-0.15, -0.1) is 0 Å². The summed E-state index contributed by atoms with van der Waals surface area (Å²) >= 11 is 0. The number of hydrogen-bond donors (Lipinski definition) is 1. The minimum atomic E-state index is -4.41. The number of ether oxygens (including phenoxy) is 1. The highest BCUT2D eigenvalue weighted by molar-refractivity contribution is 5.98. The smallest absolute Gasteiger partial charge is 0.416 e. The number of halogens is 3. The van der Waals surface area contributed by atoms with Crippen LogP contribution >= 0.6 is 0 Å². The van der Waals surface area contributed by atoms with E-state index in [0.29, 0.717) is 22.6 Å². The van der Waals surface area contributed by atoms with Crippen LogP contribution in [0.25, 0.3) is 0 Å². The average molecular weight is 367 g/mol. The summed E-state index contributed by atoms with van der Waals surface area (Å²) in [7, 11) is 0. The minimum absolute atomic E-state index is 0.115. The van der Waals surface area contributed by atoms with Crippen molar-refractivity contribution < 1.29 is 32.6 Å². The highest BCUT2D eigenvalue weighted by Gasteiger charge is 2.30. The standard InChI is InChI=1S/C18H16F3NO4/c1-12(14-5-3-7-16(9-14)25-11-17(23)24)22-26-10-13-4-2-6-15(8-13)18(19,20)21/h2-9H,10-11H2,1H3,(H,23,24). The minimum Gasteiger partial charge on any atom is -0.482 e. The molecule has 0 spiro atoms. The summed E-state index contributed by atoms with van der Waals surface area (Å²) in [6.45, 7) is 1.07. The molecule has 0 aliphatic rings. The van der Waals surface area contributed by atoms with Gasteiger partial charge in [-0.3, -0.25) is 0 Å². The summed E-state index contributed by atoms with van der Waals surface area (Å²) in [5.41, 5.74) is 0.701. The van der Waals surface area contributed by atoms with Gasteiger partial charge < -0.3 is 14.7 Å². The number of aliphatic carboxylic acids is 1. The van der Waals surface area contributed by atoms with E-state index in [2.05, 4.69) is 5.16 Å². The Morgan fingerprint density at radius 3 is 2.58 bits per heavy atom. The first-order chi connectivity index (χ1) is 12.3. The van der Waals surface area contributed by atoms with Crippen molar-refractivity contribution in [3.8, 4) is 5.75 Å². The SMILES string of the molecule is CC(=NOCc1cccc(C(F)(F)F)c1)c1cccc(OCC(=O)O)c1. The van der Waals surface area contributed by atoms with E-state index in [1.54, 1.807) is 31.2 Å². The van der Waals surface area contributed by atoms with Crippen molar-refractivity contribution >= 4 is 11.7 Å². The highest BCUT2D eigenvalue weighted by Crippen LogP contribution is 2.29. The van der Waals surface area contributed by atoms with Gasteiger partial charge in [-0.1, -0.05) is 29.4 Å². The third-order valence-corrected chi connectivity index (χ3v) is 3.30. The number of alkyl halides is 3. The molecular weight excluding hydrogens is 351 g/mol. The Morgan fingerprint density at radius 2 is 1.88 bits per heavy atom. The number of carboxylic acids is 1. The molecule has 0 aromatic heterocycles. The van der Waals surface area contributed by atoms with Gasteiger partial charge in [0, 0.05) is 5.56 Å². The Balaban J connectivity index is 2.00. The molecule has 0 fully saturated rings. The lowest BCUT2D eigenvalue weighted by atomic mass is 10.1. The number of oxime groups is 1. The largest absolute Gasteiger partial charge is 0.482 e. The predicted octanol–water partition coefficient (Wildman–Crippen LogP) is 4.11. The van der Waals surface area contributed by atoms with E-state index in [0.717, 1.165) is 12.1 Å². The molecule has 138 valence electrons. The van der Waals surface area contributed by atoms with Gasteiger partial charge in [0.25, 0.3) is 0 Å². The Bertz CT molecular complexity index is 803. The number of rotatable bonds is 7. The lowest BCUT2D eigenvalue weighted by Gasteiger charge is -2.09. The molecule has 0 saturated carbocycles. The number of carbonyl (C=O) groups is 1. The van der Waals surface area contributed by atoms with Crippen LogP contribution in [0.2, 0.25) is 0 Å². The molecular formula is C18H16F3NO4. The van der Waals surface area contributed by atoms with Crippen molar-refractivity contribution in [1.29, 1.82) is 0 Å². The fourth-order valence-corrected chi connectivity index (χ4v) is 2.05. The van der Waals surface area contributed by atoms with Gasteiger partial charge in [0.1, 0.15) is 12.4 Å². The van der Waals surface area contributed by atoms with Crippen molar-refractivity contribution in [2.24, 2.45) is 5.16 Å². The molecule has 0 amide bonds. The maximum absolute atomic E-state index is 12.7. The molecule has 0 saturated heterocycles. The van der Waals surface area contributed by atoms with E-state index >= 15 is 0 Å². The van der Waals surface area contributed by atoms with Crippen LogP contribution in [0, 0.1) is 0 Å². The summed E-state index contributed by atoms with van der Waals surface area (Å²) in [5, 5.41) is 12.5. The zero-order chi connectivity index (χ0) is 19.2. The Morgan fingerprint density at radius 1 is 1.15 bits per heavy atom. The maximum atomic E-state index is 12.7. The molecule has 0 aliphatic heterocycles. The van der Waals surface area contributed by atoms with Crippen molar-refractivity contribution in [1.82, 2.24) is 0 Å². The topological polar surface area (TPSA) is 68.1 Å². The molecule has 0 heterocycles. The van der Waals surface area contributed by atoms with Crippen LogP contribution in [-0.4, -0.2) is 23.4 Å². The second kappa shape index (κ2) is 8.37. The van der Waals surface area contributed by atoms with Gasteiger partial charge in [-0.25, -0.2) is 4.79 Å². The third kappa shape index (κ3) is 5.80. The van der Waals surface area contributed by atoms with E-state index < -0.39 is 24.3 Å². The molecule has 0 bridgehead atoms. The van der Waals surface area contributed by atoms with E-state index in [-0.39, 0.29) is 6.61 Å². The molecule has 26 heavy (non-hydrogen) atoms. The van der Waals surface area contributed by atoms with E-state index in [1.165, 1.54) is 12.1 Å². The van der Waals surface area contributed by atoms with Crippen LogP contribution < -0.4 is 4.74 Å². The van der Waals surface area contributed by atoms with Crippen LogP contribution in [-0.2, 0) is 22.4 Å². The Hall–Kier alpha value is -3.03. The first-order valence-electron chi connectivity index (χ1n) is 7.53. The second-order valence-electron chi connectivity index (χ2n) is 5.36. The quantitative estimate of drug-likeness (QED) is 0.591. The lowest BCUT2D eigenvalue weighted by molar-refractivity contribution is -0.139. The molecule has 5 nitrogen and oxygen atoms in total. The van der Waals surface area contributed by atoms with E-state index in [9.17, 15) is 18.0 Å². The van der Waals surface area contributed by atoms with Crippen molar-refractivity contribution in [2.75, 3.05) is 6.61 Å². The normalized spacial score (nSPS) is 11.9. The highest BCUT2D eigenvalue weighted by atomic mass is 19.4. The van der Waals surface area contributed by atoms with Gasteiger partial charge >= 0.3 is 12.1 Å². The van der Waals surface area contributed by atoms with Gasteiger partial charge in [-0.2, -0.15) is 13.2 Å². The molecule has 2 aromatic carbocycles. The molecule has 2 aromatic rings. The molecule has 0 radical (unpaired) electrons. The zero-order valence-corrected chi connectivity index (χ0v) is 13.8. The maximum Gasteiger partial charge on any atom is 0.416 e. The van der Waals surface area contributed by atoms with E-state index in [1.807, 2.05) is 0 Å². The van der Waals surface area contributed by atoms with Crippen LogP contribution in [0.5, 0.6) is 5.75 Å². The Kier molecular flexibility index (Phi) is 6.21. The monoisotopic (exact) mass is 367 g/mol. The summed E-state index contributed by atoms with van der Waals surface area (Å²) in [4.78, 5) is 15.6. The lowest BCUT2D eigenvalue weighted by Crippen LogP contribution is -2.09. The number of hydrogen-bond acceptors (Lipinski definition) is 4. The molecule has 8 heteroatoms. The fourth-order valence-electron chi connectivity index (χ4n) is 2.05.